The Morgan fingerprint density at radius 1 is 1.19 bits per heavy atom. The van der Waals surface area contributed by atoms with Gasteiger partial charge in [-0.1, -0.05) is 11.6 Å². The van der Waals surface area contributed by atoms with Crippen LogP contribution in [0.15, 0.2) is 57.5 Å². The molecule has 0 aliphatic heterocycles. The SMILES string of the molecule is Cc1[nH]n(-c2ccc(Cl)cc2)c(=O)c1N=Nc1cc([N+](=O)[O-])ccc1O. The van der Waals surface area contributed by atoms with Gasteiger partial charge < -0.3 is 5.11 Å². The van der Waals surface area contributed by atoms with Crippen molar-refractivity contribution >= 4 is 28.7 Å². The fourth-order valence-corrected chi connectivity index (χ4v) is 2.36. The molecule has 2 N–H and O–H groups in total. The summed E-state index contributed by atoms with van der Waals surface area (Å²) in [7, 11) is 0. The highest BCUT2D eigenvalue weighted by Crippen LogP contribution is 2.31. The number of nitro groups is 1. The predicted molar refractivity (Wildman–Crippen MR) is 95.1 cm³/mol. The molecule has 10 heteroatoms. The van der Waals surface area contributed by atoms with Gasteiger partial charge in [-0.3, -0.25) is 20.0 Å². The van der Waals surface area contributed by atoms with Crippen LogP contribution in [0.2, 0.25) is 5.02 Å². The number of non-ortho nitro benzene ring substituents is 1. The summed E-state index contributed by atoms with van der Waals surface area (Å²) in [4.78, 5) is 22.7. The normalized spacial score (nSPS) is 11.2. The summed E-state index contributed by atoms with van der Waals surface area (Å²) in [5.74, 6) is -0.287. The van der Waals surface area contributed by atoms with E-state index in [1.807, 2.05) is 0 Å². The van der Waals surface area contributed by atoms with Crippen molar-refractivity contribution in [1.82, 2.24) is 9.78 Å². The van der Waals surface area contributed by atoms with Crippen molar-refractivity contribution in [3.8, 4) is 11.4 Å². The predicted octanol–water partition coefficient (Wildman–Crippen LogP) is 4.16. The summed E-state index contributed by atoms with van der Waals surface area (Å²) in [5.41, 5.74) is 0.198. The molecule has 0 spiro atoms. The molecular formula is C16H12ClN5O4. The number of azo groups is 1. The average Bonchev–Trinajstić information content (AvgIpc) is 2.89. The summed E-state index contributed by atoms with van der Waals surface area (Å²) >= 11 is 5.84. The quantitative estimate of drug-likeness (QED) is 0.404. The van der Waals surface area contributed by atoms with E-state index in [2.05, 4.69) is 15.3 Å². The molecule has 0 radical (unpaired) electrons. The third kappa shape index (κ3) is 3.33. The Bertz CT molecular complexity index is 1070. The van der Waals surface area contributed by atoms with Crippen LogP contribution in [0, 0.1) is 17.0 Å². The summed E-state index contributed by atoms with van der Waals surface area (Å²) in [5, 5.41) is 31.6. The molecule has 2 aromatic carbocycles. The van der Waals surface area contributed by atoms with Crippen LogP contribution in [0.25, 0.3) is 5.69 Å². The Kier molecular flexibility index (Phi) is 4.55. The van der Waals surface area contributed by atoms with E-state index in [9.17, 15) is 20.0 Å². The molecule has 0 atom stereocenters. The van der Waals surface area contributed by atoms with Crippen LogP contribution in [-0.4, -0.2) is 19.8 Å². The molecule has 0 saturated carbocycles. The van der Waals surface area contributed by atoms with Crippen LogP contribution in [-0.2, 0) is 0 Å². The van der Waals surface area contributed by atoms with Gasteiger partial charge >= 0.3 is 0 Å². The van der Waals surface area contributed by atoms with E-state index in [0.717, 1.165) is 18.2 Å². The number of rotatable bonds is 4. The van der Waals surface area contributed by atoms with Crippen molar-refractivity contribution < 1.29 is 10.0 Å². The molecule has 0 fully saturated rings. The van der Waals surface area contributed by atoms with Crippen molar-refractivity contribution in [3.05, 3.63) is 73.6 Å². The van der Waals surface area contributed by atoms with E-state index in [1.165, 1.54) is 4.68 Å². The summed E-state index contributed by atoms with van der Waals surface area (Å²) < 4.78 is 1.27. The number of H-pyrrole nitrogens is 1. The molecule has 1 heterocycles. The van der Waals surface area contributed by atoms with E-state index in [1.54, 1.807) is 31.2 Å². The number of hydrogen-bond donors (Lipinski definition) is 2. The number of nitrogens with one attached hydrogen (secondary N) is 1. The highest BCUT2D eigenvalue weighted by Gasteiger charge is 2.14. The van der Waals surface area contributed by atoms with Crippen molar-refractivity contribution in [3.63, 3.8) is 0 Å². The lowest BCUT2D eigenvalue weighted by molar-refractivity contribution is -0.384. The number of aromatic hydroxyl groups is 1. The first-order valence-electron chi connectivity index (χ1n) is 7.33. The van der Waals surface area contributed by atoms with Gasteiger partial charge in [0.05, 0.1) is 16.3 Å². The molecule has 0 aliphatic carbocycles. The van der Waals surface area contributed by atoms with Gasteiger partial charge in [-0.25, -0.2) is 4.68 Å². The minimum absolute atomic E-state index is 0.0193. The number of hydrogen-bond acceptors (Lipinski definition) is 6. The first-order chi connectivity index (χ1) is 12.4. The Balaban J connectivity index is 2.00. The Hall–Kier alpha value is -3.46. The zero-order valence-corrected chi connectivity index (χ0v) is 14.1. The second-order valence-corrected chi connectivity index (χ2v) is 5.77. The number of aromatic amines is 1. The molecule has 0 unspecified atom stereocenters. The maximum Gasteiger partial charge on any atom is 0.299 e. The van der Waals surface area contributed by atoms with Gasteiger partial charge in [0, 0.05) is 17.2 Å². The van der Waals surface area contributed by atoms with Gasteiger partial charge in [0.1, 0.15) is 11.4 Å². The summed E-state index contributed by atoms with van der Waals surface area (Å²) in [6.07, 6.45) is 0. The number of nitrogens with zero attached hydrogens (tertiary/aromatic N) is 4. The Morgan fingerprint density at radius 2 is 1.88 bits per heavy atom. The number of aromatic nitrogens is 2. The third-order valence-electron chi connectivity index (χ3n) is 3.55. The van der Waals surface area contributed by atoms with E-state index < -0.39 is 10.5 Å². The smallest absolute Gasteiger partial charge is 0.299 e. The first kappa shape index (κ1) is 17.4. The largest absolute Gasteiger partial charge is 0.506 e. The molecule has 0 saturated heterocycles. The van der Waals surface area contributed by atoms with E-state index in [0.29, 0.717) is 16.4 Å². The standard InChI is InChI=1S/C16H12ClN5O4/c1-9-15(16(24)21(20-9)11-4-2-10(17)3-5-11)19-18-13-8-12(22(25)26)6-7-14(13)23/h2-8,20,23H,1H3. The van der Waals surface area contributed by atoms with Crippen LogP contribution in [0.5, 0.6) is 5.75 Å². The van der Waals surface area contributed by atoms with Gasteiger partial charge in [0.15, 0.2) is 5.69 Å². The zero-order chi connectivity index (χ0) is 18.8. The highest BCUT2D eigenvalue weighted by atomic mass is 35.5. The van der Waals surface area contributed by atoms with Gasteiger partial charge in [-0.15, -0.1) is 10.2 Å². The molecule has 3 aromatic rings. The van der Waals surface area contributed by atoms with Crippen molar-refractivity contribution in [1.29, 1.82) is 0 Å². The molecular weight excluding hydrogens is 362 g/mol. The third-order valence-corrected chi connectivity index (χ3v) is 3.80. The average molecular weight is 374 g/mol. The second-order valence-electron chi connectivity index (χ2n) is 5.33. The number of benzene rings is 2. The summed E-state index contributed by atoms with van der Waals surface area (Å²) in [6, 6.07) is 9.95. The fourth-order valence-electron chi connectivity index (χ4n) is 2.24. The van der Waals surface area contributed by atoms with Crippen molar-refractivity contribution in [2.75, 3.05) is 0 Å². The maximum atomic E-state index is 12.5. The molecule has 0 amide bonds. The van der Waals surface area contributed by atoms with Crippen LogP contribution >= 0.6 is 11.6 Å². The number of phenols is 1. The van der Waals surface area contributed by atoms with E-state index >= 15 is 0 Å². The molecule has 1 aromatic heterocycles. The highest BCUT2D eigenvalue weighted by molar-refractivity contribution is 6.30. The van der Waals surface area contributed by atoms with Gasteiger partial charge in [-0.2, -0.15) is 0 Å². The lowest BCUT2D eigenvalue weighted by Crippen LogP contribution is -2.13. The molecule has 0 bridgehead atoms. The van der Waals surface area contributed by atoms with Gasteiger partial charge in [-0.05, 0) is 37.3 Å². The van der Waals surface area contributed by atoms with Crippen molar-refractivity contribution in [2.45, 2.75) is 6.92 Å². The Morgan fingerprint density at radius 3 is 2.54 bits per heavy atom. The van der Waals surface area contributed by atoms with E-state index in [-0.39, 0.29) is 22.8 Å². The number of halogens is 1. The van der Waals surface area contributed by atoms with Crippen molar-refractivity contribution in [2.24, 2.45) is 10.2 Å². The monoisotopic (exact) mass is 373 g/mol. The number of aryl methyl sites for hydroxylation is 1. The molecule has 9 nitrogen and oxygen atoms in total. The number of nitro benzene ring substituents is 1. The van der Waals surface area contributed by atoms with Gasteiger partial charge in [0.25, 0.3) is 11.2 Å². The number of phenolic OH excluding ortho intramolecular Hbond substituents is 1. The lowest BCUT2D eigenvalue weighted by Gasteiger charge is -2.00. The molecule has 0 aliphatic rings. The van der Waals surface area contributed by atoms with Gasteiger partial charge in [0.2, 0.25) is 0 Å². The van der Waals surface area contributed by atoms with Crippen LogP contribution in [0.4, 0.5) is 17.1 Å². The molecule has 3 rings (SSSR count). The minimum atomic E-state index is -0.618. The lowest BCUT2D eigenvalue weighted by atomic mass is 10.2. The van der Waals surface area contributed by atoms with Crippen LogP contribution < -0.4 is 5.56 Å². The van der Waals surface area contributed by atoms with Crippen LogP contribution in [0.1, 0.15) is 5.69 Å². The molecule has 26 heavy (non-hydrogen) atoms. The second kappa shape index (κ2) is 6.81. The maximum absolute atomic E-state index is 12.5. The molecule has 132 valence electrons. The zero-order valence-electron chi connectivity index (χ0n) is 13.4. The van der Waals surface area contributed by atoms with Crippen LogP contribution in [0.3, 0.4) is 0 Å². The minimum Gasteiger partial charge on any atom is -0.506 e. The van der Waals surface area contributed by atoms with E-state index in [4.69, 9.17) is 11.6 Å². The fraction of sp³-hybridized carbons (Fsp3) is 0.0625. The Labute approximate surface area is 151 Å². The topological polar surface area (TPSA) is 126 Å². The first-order valence-corrected chi connectivity index (χ1v) is 7.71. The summed E-state index contributed by atoms with van der Waals surface area (Å²) in [6.45, 7) is 1.63.